The Morgan fingerprint density at radius 1 is 1.40 bits per heavy atom. The molecule has 2 rings (SSSR count). The van der Waals surface area contributed by atoms with Crippen LogP contribution in [0.3, 0.4) is 0 Å². The molecule has 20 heavy (non-hydrogen) atoms. The molecule has 1 aliphatic rings. The lowest BCUT2D eigenvalue weighted by molar-refractivity contribution is -0.129. The first-order valence-electron chi connectivity index (χ1n) is 7.37. The summed E-state index contributed by atoms with van der Waals surface area (Å²) in [4.78, 5) is 14.1. The molecule has 1 heterocycles. The van der Waals surface area contributed by atoms with E-state index in [1.807, 2.05) is 36.1 Å². The maximum absolute atomic E-state index is 12.3. The van der Waals surface area contributed by atoms with Gasteiger partial charge in [-0.15, -0.1) is 0 Å². The predicted molar refractivity (Wildman–Crippen MR) is 81.3 cm³/mol. The number of benzene rings is 1. The van der Waals surface area contributed by atoms with Gasteiger partial charge >= 0.3 is 0 Å². The molecular formula is C17H23NO2. The third-order valence-electron chi connectivity index (χ3n) is 3.83. The molecule has 1 fully saturated rings. The number of amides is 1. The number of nitrogens with zero attached hydrogens (tertiary/aromatic N) is 1. The number of carbonyl (C=O) groups is 1. The quantitative estimate of drug-likeness (QED) is 0.860. The van der Waals surface area contributed by atoms with Crippen molar-refractivity contribution in [3.63, 3.8) is 0 Å². The van der Waals surface area contributed by atoms with Crippen molar-refractivity contribution in [3.05, 3.63) is 41.5 Å². The maximum Gasteiger partial charge on any atom is 0.246 e. The first kappa shape index (κ1) is 14.8. The van der Waals surface area contributed by atoms with Crippen LogP contribution in [0.4, 0.5) is 0 Å². The number of aliphatic hydroxyl groups excluding tert-OH is 1. The van der Waals surface area contributed by atoms with Gasteiger partial charge in [0.05, 0.1) is 12.6 Å². The fourth-order valence-electron chi connectivity index (χ4n) is 2.69. The molecule has 1 aromatic rings. The minimum absolute atomic E-state index is 0.00690. The standard InChI is InChI=1S/C17H23NO2/c1-14-6-5-7-15(12-14)9-10-17(20)18-11-4-2-3-8-16(18)13-19/h5-7,9-10,12,16,19H,2-4,8,11,13H2,1H3/b10-9+. The number of hydrogen-bond donors (Lipinski definition) is 1. The Bertz CT molecular complexity index is 482. The Hall–Kier alpha value is -1.61. The molecule has 1 aliphatic heterocycles. The number of likely N-dealkylation sites (tertiary alicyclic amines) is 1. The molecule has 1 atom stereocenters. The van der Waals surface area contributed by atoms with Crippen molar-refractivity contribution in [2.75, 3.05) is 13.2 Å². The van der Waals surface area contributed by atoms with Crippen LogP contribution < -0.4 is 0 Å². The van der Waals surface area contributed by atoms with Crippen LogP contribution in [0.15, 0.2) is 30.3 Å². The number of rotatable bonds is 3. The molecule has 0 radical (unpaired) electrons. The van der Waals surface area contributed by atoms with Crippen LogP contribution in [0.5, 0.6) is 0 Å². The highest BCUT2D eigenvalue weighted by atomic mass is 16.3. The summed E-state index contributed by atoms with van der Waals surface area (Å²) in [7, 11) is 0. The maximum atomic E-state index is 12.3. The van der Waals surface area contributed by atoms with Gasteiger partial charge in [-0.2, -0.15) is 0 Å². The third-order valence-corrected chi connectivity index (χ3v) is 3.83. The van der Waals surface area contributed by atoms with Gasteiger partial charge in [0.15, 0.2) is 0 Å². The molecule has 0 aromatic heterocycles. The normalized spacial score (nSPS) is 20.1. The van der Waals surface area contributed by atoms with Gasteiger partial charge < -0.3 is 10.0 Å². The van der Waals surface area contributed by atoms with Gasteiger partial charge in [0.1, 0.15) is 0 Å². The van der Waals surface area contributed by atoms with Gasteiger partial charge in [0.25, 0.3) is 0 Å². The Kier molecular flexibility index (Phi) is 5.36. The van der Waals surface area contributed by atoms with Gasteiger partial charge in [-0.3, -0.25) is 4.79 Å². The molecule has 108 valence electrons. The summed E-state index contributed by atoms with van der Waals surface area (Å²) in [6.07, 6.45) is 7.65. The molecule has 0 bridgehead atoms. The van der Waals surface area contributed by atoms with Crippen molar-refractivity contribution in [1.82, 2.24) is 4.90 Å². The van der Waals surface area contributed by atoms with Gasteiger partial charge in [-0.1, -0.05) is 42.7 Å². The second-order valence-corrected chi connectivity index (χ2v) is 5.46. The molecule has 0 saturated carbocycles. The Balaban J connectivity index is 2.05. The Morgan fingerprint density at radius 2 is 2.25 bits per heavy atom. The second-order valence-electron chi connectivity index (χ2n) is 5.46. The van der Waals surface area contributed by atoms with Gasteiger partial charge in [0.2, 0.25) is 5.91 Å². The van der Waals surface area contributed by atoms with E-state index in [1.54, 1.807) is 6.08 Å². The predicted octanol–water partition coefficient (Wildman–Crippen LogP) is 2.77. The van der Waals surface area contributed by atoms with Gasteiger partial charge in [-0.25, -0.2) is 0 Å². The summed E-state index contributed by atoms with van der Waals surface area (Å²) in [5.74, 6) is 0.00690. The molecule has 1 unspecified atom stereocenters. The SMILES string of the molecule is Cc1cccc(/C=C/C(=O)N2CCCCCC2CO)c1. The van der Waals surface area contributed by atoms with Gasteiger partial charge in [0, 0.05) is 12.6 Å². The zero-order valence-electron chi connectivity index (χ0n) is 12.1. The molecular weight excluding hydrogens is 250 g/mol. The Labute approximate surface area is 120 Å². The molecule has 1 N–H and O–H groups in total. The van der Waals surface area contributed by atoms with E-state index < -0.39 is 0 Å². The lowest BCUT2D eigenvalue weighted by Crippen LogP contribution is -2.41. The van der Waals surface area contributed by atoms with Crippen molar-refractivity contribution >= 4 is 12.0 Å². The molecule has 1 saturated heterocycles. The second kappa shape index (κ2) is 7.25. The fourth-order valence-corrected chi connectivity index (χ4v) is 2.69. The fraction of sp³-hybridized carbons (Fsp3) is 0.471. The van der Waals surface area contributed by atoms with Crippen molar-refractivity contribution < 1.29 is 9.90 Å². The summed E-state index contributed by atoms with van der Waals surface area (Å²) in [6, 6.07) is 8.04. The van der Waals surface area contributed by atoms with Crippen molar-refractivity contribution in [2.24, 2.45) is 0 Å². The molecule has 3 heteroatoms. The third kappa shape index (κ3) is 3.94. The molecule has 0 aliphatic carbocycles. The summed E-state index contributed by atoms with van der Waals surface area (Å²) >= 11 is 0. The molecule has 3 nitrogen and oxygen atoms in total. The van der Waals surface area contributed by atoms with E-state index in [9.17, 15) is 9.90 Å². The first-order chi connectivity index (χ1) is 9.70. The highest BCUT2D eigenvalue weighted by Crippen LogP contribution is 2.17. The van der Waals surface area contributed by atoms with E-state index in [1.165, 1.54) is 5.56 Å². The minimum Gasteiger partial charge on any atom is -0.394 e. The summed E-state index contributed by atoms with van der Waals surface area (Å²) in [5, 5.41) is 9.44. The number of aryl methyl sites for hydroxylation is 1. The van der Waals surface area contributed by atoms with E-state index >= 15 is 0 Å². The van der Waals surface area contributed by atoms with E-state index in [2.05, 4.69) is 6.07 Å². The molecule has 0 spiro atoms. The lowest BCUT2D eigenvalue weighted by atomic mass is 10.1. The van der Waals surface area contributed by atoms with Crippen LogP contribution in [0, 0.1) is 6.92 Å². The first-order valence-corrected chi connectivity index (χ1v) is 7.37. The van der Waals surface area contributed by atoms with Crippen LogP contribution in [-0.2, 0) is 4.79 Å². The highest BCUT2D eigenvalue weighted by molar-refractivity contribution is 5.92. The molecule has 1 amide bonds. The minimum atomic E-state index is -0.0211. The van der Waals surface area contributed by atoms with Crippen molar-refractivity contribution in [1.29, 1.82) is 0 Å². The van der Waals surface area contributed by atoms with Crippen molar-refractivity contribution in [3.8, 4) is 0 Å². The molecule has 1 aromatic carbocycles. The van der Waals surface area contributed by atoms with Crippen LogP contribution in [0.25, 0.3) is 6.08 Å². The zero-order chi connectivity index (χ0) is 14.4. The van der Waals surface area contributed by atoms with E-state index in [0.717, 1.165) is 37.8 Å². The topological polar surface area (TPSA) is 40.5 Å². The van der Waals surface area contributed by atoms with Crippen molar-refractivity contribution in [2.45, 2.75) is 38.6 Å². The van der Waals surface area contributed by atoms with E-state index in [-0.39, 0.29) is 18.6 Å². The monoisotopic (exact) mass is 273 g/mol. The van der Waals surface area contributed by atoms with E-state index in [4.69, 9.17) is 0 Å². The average molecular weight is 273 g/mol. The largest absolute Gasteiger partial charge is 0.394 e. The highest BCUT2D eigenvalue weighted by Gasteiger charge is 2.22. The van der Waals surface area contributed by atoms with E-state index in [0.29, 0.717) is 0 Å². The van der Waals surface area contributed by atoms with Crippen LogP contribution in [0.2, 0.25) is 0 Å². The summed E-state index contributed by atoms with van der Waals surface area (Å²) in [5.41, 5.74) is 2.22. The Morgan fingerprint density at radius 3 is 3.00 bits per heavy atom. The average Bonchev–Trinajstić information content (AvgIpc) is 2.70. The van der Waals surface area contributed by atoms with Crippen LogP contribution in [0.1, 0.15) is 36.8 Å². The number of hydrogen-bond acceptors (Lipinski definition) is 2. The zero-order valence-corrected chi connectivity index (χ0v) is 12.1. The number of aliphatic hydroxyl groups is 1. The van der Waals surface area contributed by atoms with Crippen LogP contribution >= 0.6 is 0 Å². The summed E-state index contributed by atoms with van der Waals surface area (Å²) < 4.78 is 0. The number of carbonyl (C=O) groups excluding carboxylic acids is 1. The lowest BCUT2D eigenvalue weighted by Gasteiger charge is -2.27. The summed E-state index contributed by atoms with van der Waals surface area (Å²) in [6.45, 7) is 2.85. The van der Waals surface area contributed by atoms with Crippen LogP contribution in [-0.4, -0.2) is 35.1 Å². The van der Waals surface area contributed by atoms with Gasteiger partial charge in [-0.05, 0) is 31.4 Å². The smallest absolute Gasteiger partial charge is 0.246 e.